The summed E-state index contributed by atoms with van der Waals surface area (Å²) in [5, 5.41) is 16.3. The van der Waals surface area contributed by atoms with Gasteiger partial charge in [0.1, 0.15) is 0 Å². The van der Waals surface area contributed by atoms with E-state index in [1.54, 1.807) is 19.1 Å². The van der Waals surface area contributed by atoms with Gasteiger partial charge in [-0.2, -0.15) is 13.2 Å². The van der Waals surface area contributed by atoms with Gasteiger partial charge in [0.15, 0.2) is 5.76 Å². The smallest absolute Gasteiger partial charge is 0.416 e. The van der Waals surface area contributed by atoms with Crippen LogP contribution in [0.5, 0.6) is 0 Å². The molecule has 3 N–H and O–H groups in total. The van der Waals surface area contributed by atoms with Crippen molar-refractivity contribution in [3.63, 3.8) is 0 Å². The maximum atomic E-state index is 12.9. The van der Waals surface area contributed by atoms with Gasteiger partial charge in [-0.05, 0) is 55.7 Å². The van der Waals surface area contributed by atoms with E-state index >= 15 is 0 Å². The topological polar surface area (TPSA) is 102 Å². The highest BCUT2D eigenvalue weighted by Gasteiger charge is 2.34. The SMILES string of the molecule is CC(CCc1ccc(Cl)c(Cl)c1)NC(=O)C1=C(O)C(=O)N(CCN(C)C(=O)Nc2cccc(C(F)(F)F)c2)C1. The minimum Gasteiger partial charge on any atom is -0.503 e. The number of benzene rings is 2. The minimum atomic E-state index is -4.55. The number of aliphatic hydroxyl groups is 1. The molecule has 1 atom stereocenters. The lowest BCUT2D eigenvalue weighted by molar-refractivity contribution is -0.137. The zero-order valence-electron chi connectivity index (χ0n) is 21.1. The number of aryl methyl sites for hydroxylation is 1. The molecule has 39 heavy (non-hydrogen) atoms. The van der Waals surface area contributed by atoms with Gasteiger partial charge in [-0.1, -0.05) is 35.3 Å². The van der Waals surface area contributed by atoms with Crippen molar-refractivity contribution in [2.24, 2.45) is 0 Å². The Hall–Kier alpha value is -3.44. The number of urea groups is 1. The molecule has 210 valence electrons. The molecule has 0 saturated carbocycles. The first kappa shape index (κ1) is 30.1. The summed E-state index contributed by atoms with van der Waals surface area (Å²) in [4.78, 5) is 40.0. The van der Waals surface area contributed by atoms with Crippen LogP contribution in [0.15, 0.2) is 53.8 Å². The van der Waals surface area contributed by atoms with Crippen LogP contribution in [0.3, 0.4) is 0 Å². The fourth-order valence-corrected chi connectivity index (χ4v) is 4.12. The van der Waals surface area contributed by atoms with Crippen molar-refractivity contribution in [3.05, 3.63) is 75.0 Å². The van der Waals surface area contributed by atoms with Crippen LogP contribution >= 0.6 is 23.2 Å². The van der Waals surface area contributed by atoms with Gasteiger partial charge < -0.3 is 25.5 Å². The van der Waals surface area contributed by atoms with Crippen LogP contribution in [0.4, 0.5) is 23.7 Å². The van der Waals surface area contributed by atoms with Gasteiger partial charge in [0.2, 0.25) is 0 Å². The van der Waals surface area contributed by atoms with E-state index in [1.807, 2.05) is 6.07 Å². The summed E-state index contributed by atoms with van der Waals surface area (Å²) in [6, 6.07) is 8.51. The lowest BCUT2D eigenvalue weighted by Crippen LogP contribution is -2.40. The van der Waals surface area contributed by atoms with Gasteiger partial charge in [0.05, 0.1) is 27.7 Å². The first-order valence-corrected chi connectivity index (χ1v) is 12.7. The lowest BCUT2D eigenvalue weighted by Gasteiger charge is -2.22. The van der Waals surface area contributed by atoms with Crippen molar-refractivity contribution < 1.29 is 32.7 Å². The summed E-state index contributed by atoms with van der Waals surface area (Å²) in [6.45, 7) is 1.62. The Balaban J connectivity index is 1.48. The van der Waals surface area contributed by atoms with Gasteiger partial charge in [0.25, 0.3) is 11.8 Å². The highest BCUT2D eigenvalue weighted by molar-refractivity contribution is 6.42. The van der Waals surface area contributed by atoms with Crippen molar-refractivity contribution in [1.82, 2.24) is 15.1 Å². The van der Waals surface area contributed by atoms with Crippen LogP contribution in [-0.4, -0.2) is 65.5 Å². The molecule has 0 bridgehead atoms. The van der Waals surface area contributed by atoms with E-state index in [1.165, 1.54) is 29.0 Å². The van der Waals surface area contributed by atoms with E-state index in [0.29, 0.717) is 22.9 Å². The van der Waals surface area contributed by atoms with Crippen LogP contribution in [0.1, 0.15) is 24.5 Å². The van der Waals surface area contributed by atoms with E-state index in [4.69, 9.17) is 23.2 Å². The van der Waals surface area contributed by atoms with E-state index < -0.39 is 35.3 Å². The molecule has 0 spiro atoms. The number of aliphatic hydroxyl groups excluding tert-OH is 1. The van der Waals surface area contributed by atoms with Gasteiger partial charge >= 0.3 is 12.2 Å². The number of alkyl halides is 3. The summed E-state index contributed by atoms with van der Waals surface area (Å²) in [5.74, 6) is -2.00. The average molecular weight is 587 g/mol. The maximum Gasteiger partial charge on any atom is 0.416 e. The molecular formula is C26H27Cl2F3N4O4. The van der Waals surface area contributed by atoms with Crippen LogP contribution in [0.25, 0.3) is 0 Å². The zero-order chi connectivity index (χ0) is 28.9. The summed E-state index contributed by atoms with van der Waals surface area (Å²) >= 11 is 12.0. The van der Waals surface area contributed by atoms with E-state index in [2.05, 4.69) is 10.6 Å². The van der Waals surface area contributed by atoms with Gasteiger partial charge in [-0.25, -0.2) is 4.79 Å². The third-order valence-corrected chi connectivity index (χ3v) is 6.86. The molecule has 1 unspecified atom stereocenters. The monoisotopic (exact) mass is 586 g/mol. The third-order valence-electron chi connectivity index (χ3n) is 6.12. The first-order chi connectivity index (χ1) is 18.3. The number of halogens is 5. The molecule has 8 nitrogen and oxygen atoms in total. The van der Waals surface area contributed by atoms with Crippen molar-refractivity contribution >= 4 is 46.7 Å². The number of anilines is 1. The molecule has 13 heteroatoms. The summed E-state index contributed by atoms with van der Waals surface area (Å²) < 4.78 is 38.7. The maximum absolute atomic E-state index is 12.9. The van der Waals surface area contributed by atoms with Gasteiger partial charge in [0, 0.05) is 31.9 Å². The van der Waals surface area contributed by atoms with Gasteiger partial charge in [-0.3, -0.25) is 9.59 Å². The summed E-state index contributed by atoms with van der Waals surface area (Å²) in [6.07, 6.45) is -3.37. The molecular weight excluding hydrogens is 560 g/mol. The molecule has 1 aliphatic rings. The summed E-state index contributed by atoms with van der Waals surface area (Å²) in [5.41, 5.74) is -0.0828. The fourth-order valence-electron chi connectivity index (χ4n) is 3.80. The molecule has 3 rings (SSSR count). The first-order valence-electron chi connectivity index (χ1n) is 11.9. The molecule has 0 saturated heterocycles. The molecule has 0 aromatic heterocycles. The number of nitrogens with zero attached hydrogens (tertiary/aromatic N) is 2. The normalized spacial score (nSPS) is 14.4. The molecule has 2 aromatic carbocycles. The third kappa shape index (κ3) is 8.03. The number of hydrogen-bond acceptors (Lipinski definition) is 4. The molecule has 1 heterocycles. The highest BCUT2D eigenvalue weighted by Crippen LogP contribution is 2.30. The highest BCUT2D eigenvalue weighted by atomic mass is 35.5. The molecule has 2 aromatic rings. The number of carbonyl (C=O) groups is 3. The fraction of sp³-hybridized carbons (Fsp3) is 0.346. The van der Waals surface area contributed by atoms with Crippen molar-refractivity contribution in [2.75, 3.05) is 32.0 Å². The number of hydrogen-bond donors (Lipinski definition) is 3. The number of rotatable bonds is 9. The largest absolute Gasteiger partial charge is 0.503 e. The Kier molecular flexibility index (Phi) is 9.73. The average Bonchev–Trinajstić information content (AvgIpc) is 3.16. The Labute approximate surface area is 233 Å². The second kappa shape index (κ2) is 12.6. The van der Waals surface area contributed by atoms with E-state index in [-0.39, 0.29) is 36.9 Å². The second-order valence-electron chi connectivity index (χ2n) is 9.15. The predicted molar refractivity (Wildman–Crippen MR) is 142 cm³/mol. The lowest BCUT2D eigenvalue weighted by atomic mass is 10.1. The van der Waals surface area contributed by atoms with E-state index in [9.17, 15) is 32.7 Å². The van der Waals surface area contributed by atoms with Crippen LogP contribution in [0, 0.1) is 0 Å². The second-order valence-corrected chi connectivity index (χ2v) is 9.96. The van der Waals surface area contributed by atoms with Crippen LogP contribution < -0.4 is 10.6 Å². The number of likely N-dealkylation sites (N-methyl/N-ethyl adjacent to an activating group) is 1. The van der Waals surface area contributed by atoms with Crippen molar-refractivity contribution in [1.29, 1.82) is 0 Å². The standard InChI is InChI=1S/C26H27Cl2F3N4O4/c1-15(6-7-16-8-9-20(27)21(28)12-16)32-23(37)19-14-35(24(38)22(19)36)11-10-34(2)25(39)33-18-5-3-4-17(13-18)26(29,30)31/h3-5,8-9,12-13,15,36H,6-7,10-11,14H2,1-2H3,(H,32,37)(H,33,39). The Morgan fingerprint density at radius 2 is 1.87 bits per heavy atom. The van der Waals surface area contributed by atoms with Crippen molar-refractivity contribution in [2.45, 2.75) is 32.0 Å². The minimum absolute atomic E-state index is 0.00122. The predicted octanol–water partition coefficient (Wildman–Crippen LogP) is 5.27. The molecule has 0 aliphatic carbocycles. The van der Waals surface area contributed by atoms with Crippen molar-refractivity contribution in [3.8, 4) is 0 Å². The molecule has 1 aliphatic heterocycles. The molecule has 4 amide bonds. The number of amides is 4. The molecule has 0 radical (unpaired) electrons. The van der Waals surface area contributed by atoms with Crippen LogP contribution in [-0.2, 0) is 22.2 Å². The van der Waals surface area contributed by atoms with Gasteiger partial charge in [-0.15, -0.1) is 0 Å². The molecule has 0 fully saturated rings. The Morgan fingerprint density at radius 3 is 2.54 bits per heavy atom. The number of carbonyl (C=O) groups excluding carboxylic acids is 3. The zero-order valence-corrected chi connectivity index (χ0v) is 22.6. The number of nitrogens with one attached hydrogen (secondary N) is 2. The quantitative estimate of drug-likeness (QED) is 0.372. The summed E-state index contributed by atoms with van der Waals surface area (Å²) in [7, 11) is 1.40. The Morgan fingerprint density at radius 1 is 1.15 bits per heavy atom. The van der Waals surface area contributed by atoms with Crippen LogP contribution in [0.2, 0.25) is 10.0 Å². The Bertz CT molecular complexity index is 1290. The van der Waals surface area contributed by atoms with E-state index in [0.717, 1.165) is 17.7 Å².